The lowest BCUT2D eigenvalue weighted by Crippen LogP contribution is -2.15. The van der Waals surface area contributed by atoms with E-state index in [9.17, 15) is 4.79 Å². The number of ether oxygens (including phenoxy) is 1. The van der Waals surface area contributed by atoms with Crippen LogP contribution in [0.1, 0.15) is 48.9 Å². The van der Waals surface area contributed by atoms with Crippen LogP contribution >= 0.6 is 0 Å². The van der Waals surface area contributed by atoms with Crippen molar-refractivity contribution in [2.75, 3.05) is 7.11 Å². The standard InChI is InChI=1S/C14H19NO2/c1-17-14-12(9-6-10-15-14)13(16)11-7-4-2-3-5-8-11/h6,9-11H,2-5,7-8H2,1H3. The molecule has 0 bridgehead atoms. The Morgan fingerprint density at radius 2 is 2.00 bits per heavy atom. The van der Waals surface area contributed by atoms with Crippen molar-refractivity contribution >= 4 is 5.78 Å². The van der Waals surface area contributed by atoms with Gasteiger partial charge in [0.2, 0.25) is 5.88 Å². The van der Waals surface area contributed by atoms with Gasteiger partial charge in [-0.25, -0.2) is 4.98 Å². The van der Waals surface area contributed by atoms with E-state index in [1.54, 1.807) is 19.4 Å². The summed E-state index contributed by atoms with van der Waals surface area (Å²) in [6, 6.07) is 3.62. The van der Waals surface area contributed by atoms with Crippen LogP contribution in [0.5, 0.6) is 5.88 Å². The van der Waals surface area contributed by atoms with Gasteiger partial charge in [0, 0.05) is 12.1 Å². The minimum absolute atomic E-state index is 0.163. The summed E-state index contributed by atoms with van der Waals surface area (Å²) in [6.07, 6.45) is 8.52. The van der Waals surface area contributed by atoms with Gasteiger partial charge in [-0.2, -0.15) is 0 Å². The van der Waals surface area contributed by atoms with Gasteiger partial charge in [-0.15, -0.1) is 0 Å². The van der Waals surface area contributed by atoms with Crippen LogP contribution in [0.2, 0.25) is 0 Å². The first-order valence-electron chi connectivity index (χ1n) is 6.36. The third-order valence-corrected chi connectivity index (χ3v) is 3.46. The van der Waals surface area contributed by atoms with Gasteiger partial charge in [-0.05, 0) is 25.0 Å². The molecule has 0 aromatic carbocycles. The smallest absolute Gasteiger partial charge is 0.224 e. The Bertz CT molecular complexity index is 382. The van der Waals surface area contributed by atoms with Gasteiger partial charge in [0.25, 0.3) is 0 Å². The fraction of sp³-hybridized carbons (Fsp3) is 0.571. The van der Waals surface area contributed by atoms with Crippen molar-refractivity contribution < 1.29 is 9.53 Å². The molecule has 1 aromatic heterocycles. The largest absolute Gasteiger partial charge is 0.480 e. The molecule has 92 valence electrons. The first-order valence-corrected chi connectivity index (χ1v) is 6.36. The highest BCUT2D eigenvalue weighted by atomic mass is 16.5. The molecule has 2 rings (SSSR count). The molecule has 0 aliphatic heterocycles. The van der Waals surface area contributed by atoms with Crippen LogP contribution in [0.4, 0.5) is 0 Å². The second-order valence-electron chi connectivity index (χ2n) is 4.61. The summed E-state index contributed by atoms with van der Waals surface area (Å²) in [6.45, 7) is 0. The van der Waals surface area contributed by atoms with Crippen LogP contribution in [-0.2, 0) is 0 Å². The maximum Gasteiger partial charge on any atom is 0.224 e. The van der Waals surface area contributed by atoms with Crippen LogP contribution in [0.25, 0.3) is 0 Å². The van der Waals surface area contributed by atoms with Gasteiger partial charge in [-0.3, -0.25) is 4.79 Å². The molecular weight excluding hydrogens is 214 g/mol. The minimum Gasteiger partial charge on any atom is -0.480 e. The van der Waals surface area contributed by atoms with Crippen molar-refractivity contribution in [3.63, 3.8) is 0 Å². The molecule has 1 aliphatic rings. The zero-order valence-corrected chi connectivity index (χ0v) is 10.3. The Morgan fingerprint density at radius 3 is 2.65 bits per heavy atom. The fourth-order valence-corrected chi connectivity index (χ4v) is 2.50. The third-order valence-electron chi connectivity index (χ3n) is 3.46. The van der Waals surface area contributed by atoms with Gasteiger partial charge in [0.05, 0.1) is 12.7 Å². The normalized spacial score (nSPS) is 17.5. The molecule has 1 fully saturated rings. The Balaban J connectivity index is 2.17. The predicted molar refractivity (Wildman–Crippen MR) is 66.3 cm³/mol. The van der Waals surface area contributed by atoms with E-state index in [4.69, 9.17) is 4.74 Å². The summed E-state index contributed by atoms with van der Waals surface area (Å²) in [5.74, 6) is 0.828. The number of pyridine rings is 1. The van der Waals surface area contributed by atoms with E-state index in [0.29, 0.717) is 11.4 Å². The van der Waals surface area contributed by atoms with Crippen molar-refractivity contribution in [2.24, 2.45) is 5.92 Å². The van der Waals surface area contributed by atoms with Gasteiger partial charge in [-0.1, -0.05) is 25.7 Å². The first-order chi connectivity index (χ1) is 8.33. The third kappa shape index (κ3) is 2.84. The highest BCUT2D eigenvalue weighted by molar-refractivity contribution is 5.99. The highest BCUT2D eigenvalue weighted by Gasteiger charge is 2.24. The molecule has 0 spiro atoms. The Labute approximate surface area is 102 Å². The summed E-state index contributed by atoms with van der Waals surface area (Å²) in [7, 11) is 1.56. The van der Waals surface area contributed by atoms with E-state index in [0.717, 1.165) is 12.8 Å². The molecule has 0 N–H and O–H groups in total. The van der Waals surface area contributed by atoms with Crippen LogP contribution in [0.15, 0.2) is 18.3 Å². The molecule has 0 amide bonds. The Morgan fingerprint density at radius 1 is 1.29 bits per heavy atom. The number of hydrogen-bond donors (Lipinski definition) is 0. The van der Waals surface area contributed by atoms with Crippen LogP contribution in [-0.4, -0.2) is 17.9 Å². The molecule has 3 heteroatoms. The number of carbonyl (C=O) groups is 1. The molecule has 1 aromatic rings. The van der Waals surface area contributed by atoms with E-state index in [1.165, 1.54) is 25.7 Å². The number of carbonyl (C=O) groups excluding carboxylic acids is 1. The number of Topliss-reactive ketones (excluding diaryl/α,β-unsaturated/α-hetero) is 1. The number of nitrogens with zero attached hydrogens (tertiary/aromatic N) is 1. The van der Waals surface area contributed by atoms with E-state index in [-0.39, 0.29) is 11.7 Å². The van der Waals surface area contributed by atoms with Crippen molar-refractivity contribution in [3.05, 3.63) is 23.9 Å². The summed E-state index contributed by atoms with van der Waals surface area (Å²) >= 11 is 0. The second-order valence-corrected chi connectivity index (χ2v) is 4.61. The molecule has 17 heavy (non-hydrogen) atoms. The lowest BCUT2D eigenvalue weighted by Gasteiger charge is -2.14. The first kappa shape index (κ1) is 12.1. The van der Waals surface area contributed by atoms with Crippen molar-refractivity contribution in [1.29, 1.82) is 0 Å². The zero-order chi connectivity index (χ0) is 12.1. The predicted octanol–water partition coefficient (Wildman–Crippen LogP) is 3.24. The summed E-state index contributed by atoms with van der Waals surface area (Å²) in [4.78, 5) is 16.5. The highest BCUT2D eigenvalue weighted by Crippen LogP contribution is 2.28. The molecule has 1 saturated carbocycles. The van der Waals surface area contributed by atoms with Crippen molar-refractivity contribution in [3.8, 4) is 5.88 Å². The minimum atomic E-state index is 0.163. The van der Waals surface area contributed by atoms with E-state index in [1.807, 2.05) is 6.07 Å². The van der Waals surface area contributed by atoms with E-state index >= 15 is 0 Å². The molecular formula is C14H19NO2. The Hall–Kier alpha value is -1.38. The number of aromatic nitrogens is 1. The quantitative estimate of drug-likeness (QED) is 0.594. The SMILES string of the molecule is COc1ncccc1C(=O)C1CCCCCC1. The zero-order valence-electron chi connectivity index (χ0n) is 10.3. The summed E-state index contributed by atoms with van der Waals surface area (Å²) in [5, 5.41) is 0. The van der Waals surface area contributed by atoms with Crippen molar-refractivity contribution in [2.45, 2.75) is 38.5 Å². The second kappa shape index (κ2) is 5.80. The maximum absolute atomic E-state index is 12.4. The molecule has 0 unspecified atom stereocenters. The fourth-order valence-electron chi connectivity index (χ4n) is 2.50. The monoisotopic (exact) mass is 233 g/mol. The summed E-state index contributed by atoms with van der Waals surface area (Å²) < 4.78 is 5.16. The topological polar surface area (TPSA) is 39.2 Å². The van der Waals surface area contributed by atoms with Crippen LogP contribution in [0.3, 0.4) is 0 Å². The number of rotatable bonds is 3. The Kier molecular flexibility index (Phi) is 4.13. The molecule has 0 radical (unpaired) electrons. The van der Waals surface area contributed by atoms with Crippen LogP contribution < -0.4 is 4.74 Å². The van der Waals surface area contributed by atoms with E-state index in [2.05, 4.69) is 4.98 Å². The summed E-state index contributed by atoms with van der Waals surface area (Å²) in [5.41, 5.74) is 0.641. The lowest BCUT2D eigenvalue weighted by molar-refractivity contribution is 0.0904. The van der Waals surface area contributed by atoms with E-state index < -0.39 is 0 Å². The van der Waals surface area contributed by atoms with Gasteiger partial charge < -0.3 is 4.74 Å². The molecule has 1 heterocycles. The average Bonchev–Trinajstić information content (AvgIpc) is 2.66. The lowest BCUT2D eigenvalue weighted by atomic mass is 9.91. The molecule has 0 saturated heterocycles. The van der Waals surface area contributed by atoms with Crippen molar-refractivity contribution in [1.82, 2.24) is 4.98 Å². The van der Waals surface area contributed by atoms with Crippen LogP contribution in [0, 0.1) is 5.92 Å². The molecule has 0 atom stereocenters. The number of ketones is 1. The molecule has 3 nitrogen and oxygen atoms in total. The van der Waals surface area contributed by atoms with Gasteiger partial charge in [0.1, 0.15) is 0 Å². The van der Waals surface area contributed by atoms with Gasteiger partial charge in [0.15, 0.2) is 5.78 Å². The average molecular weight is 233 g/mol. The van der Waals surface area contributed by atoms with Gasteiger partial charge >= 0.3 is 0 Å². The number of methoxy groups -OCH3 is 1. The maximum atomic E-state index is 12.4. The number of hydrogen-bond acceptors (Lipinski definition) is 3. The molecule has 1 aliphatic carbocycles.